The van der Waals surface area contributed by atoms with E-state index < -0.39 is 111 Å². The van der Waals surface area contributed by atoms with Crippen LogP contribution in [0.3, 0.4) is 0 Å². The zero-order chi connectivity index (χ0) is 30.2. The lowest BCUT2D eigenvalue weighted by Gasteiger charge is -2.52. The molecule has 234 valence electrons. The summed E-state index contributed by atoms with van der Waals surface area (Å²) in [4.78, 5) is 0. The molecule has 3 saturated heterocycles. The van der Waals surface area contributed by atoms with Crippen LogP contribution in [0.4, 0.5) is 0 Å². The molecule has 3 heterocycles. The van der Waals surface area contributed by atoms with Gasteiger partial charge in [0.25, 0.3) is 0 Å². The summed E-state index contributed by atoms with van der Waals surface area (Å²) >= 11 is 0. The van der Waals surface area contributed by atoms with Crippen LogP contribution in [-0.2, 0) is 29.5 Å². The lowest BCUT2D eigenvalue weighted by molar-refractivity contribution is -0.417. The van der Waals surface area contributed by atoms with Crippen molar-refractivity contribution in [1.82, 2.24) is 0 Å². The van der Waals surface area contributed by atoms with E-state index in [4.69, 9.17) is 23.7 Å². The molecule has 1 aromatic carbocycles. The van der Waals surface area contributed by atoms with Gasteiger partial charge in [-0.25, -0.2) is 0 Å². The van der Waals surface area contributed by atoms with Gasteiger partial charge >= 0.3 is 0 Å². The van der Waals surface area contributed by atoms with Crippen molar-refractivity contribution >= 4 is 0 Å². The Kier molecular flexibility index (Phi) is 10.4. The third-order valence-corrected chi connectivity index (χ3v) is 7.73. The van der Waals surface area contributed by atoms with E-state index in [0.29, 0.717) is 5.56 Å². The Hall–Kier alpha value is -1.42. The van der Waals surface area contributed by atoms with E-state index in [1.165, 1.54) is 6.07 Å². The molecule has 3 aliphatic rings. The molecule has 0 aliphatic carbocycles. The molecule has 16 heteroatoms. The van der Waals surface area contributed by atoms with Crippen molar-refractivity contribution in [3.63, 3.8) is 0 Å². The molecular formula is C25H38O16. The van der Waals surface area contributed by atoms with Crippen LogP contribution in [0.15, 0.2) is 24.3 Å². The summed E-state index contributed by atoms with van der Waals surface area (Å²) in [6.07, 6.45) is -24.5. The number of benzene rings is 1. The average molecular weight is 595 g/mol. The monoisotopic (exact) mass is 594 g/mol. The van der Waals surface area contributed by atoms with Gasteiger partial charge in [0.15, 0.2) is 12.6 Å². The van der Waals surface area contributed by atoms with Crippen molar-refractivity contribution in [2.75, 3.05) is 19.8 Å². The Balaban J connectivity index is 1.65. The fraction of sp³-hybridized carbons (Fsp3) is 0.760. The number of aliphatic hydroxyl groups excluding tert-OH is 11. The molecule has 0 amide bonds. The minimum atomic E-state index is -2.36. The second kappa shape index (κ2) is 13.1. The quantitative estimate of drug-likeness (QED) is 0.134. The van der Waals surface area contributed by atoms with Crippen LogP contribution in [0.25, 0.3) is 0 Å². The van der Waals surface area contributed by atoms with E-state index in [0.717, 1.165) is 0 Å². The highest BCUT2D eigenvalue weighted by Gasteiger charge is 2.60. The Bertz CT molecular complexity index is 994. The predicted octanol–water partition coefficient (Wildman–Crippen LogP) is -5.74. The van der Waals surface area contributed by atoms with E-state index in [2.05, 4.69) is 0 Å². The zero-order valence-electron chi connectivity index (χ0n) is 22.0. The van der Waals surface area contributed by atoms with E-state index in [-0.39, 0.29) is 5.56 Å². The van der Waals surface area contributed by atoms with Crippen molar-refractivity contribution < 1.29 is 79.9 Å². The van der Waals surface area contributed by atoms with E-state index in [9.17, 15) is 56.2 Å². The number of aliphatic hydroxyl groups is 11. The molecule has 0 saturated carbocycles. The molecule has 41 heavy (non-hydrogen) atoms. The number of hydrogen-bond acceptors (Lipinski definition) is 16. The fourth-order valence-electron chi connectivity index (χ4n) is 5.39. The Morgan fingerprint density at radius 1 is 0.683 bits per heavy atom. The van der Waals surface area contributed by atoms with E-state index in [1.54, 1.807) is 25.1 Å². The fourth-order valence-corrected chi connectivity index (χ4v) is 5.39. The van der Waals surface area contributed by atoms with Crippen molar-refractivity contribution in [3.8, 4) is 0 Å². The minimum Gasteiger partial charge on any atom is -0.394 e. The second-order valence-corrected chi connectivity index (χ2v) is 10.4. The summed E-state index contributed by atoms with van der Waals surface area (Å²) in [5, 5.41) is 114. The molecule has 1 aromatic rings. The first-order valence-electron chi connectivity index (χ1n) is 13.1. The average Bonchev–Trinajstić information content (AvgIpc) is 2.97. The second-order valence-electron chi connectivity index (χ2n) is 10.4. The van der Waals surface area contributed by atoms with Crippen LogP contribution in [-0.4, -0.2) is 162 Å². The standard InChI is InChI=1S/C25H38O16/c1-9-4-2-3-5-10(9)25(22(35)17(32)14(29)11(6-26)40-25)41-21-13(8-28)38-24(19(34)16(21)31)39-20-12(7-27)37-23(36)18(33)15(20)30/h2-5,11-24,26-36H,6-8H2,1H3/t11-,12-,13-,14-,15-,16-,17+,18-,19-,20-,21-,22-,23+,24?,25?/m1/s1. The SMILES string of the molecule is Cc1ccccc1C1(O[C@H]2[C@H](O)[C@@H](O)C(O[C@H]3[C@H](O)[C@@H](O)[C@@H](O)O[C@@H]3CO)O[C@@H]2CO)O[C@H](CO)[C@@H](O)[C@H](O)[C@H]1O. The molecule has 0 aromatic heterocycles. The summed E-state index contributed by atoms with van der Waals surface area (Å²) in [7, 11) is 0. The molecule has 4 rings (SSSR count). The van der Waals surface area contributed by atoms with Crippen molar-refractivity contribution in [2.45, 2.75) is 98.5 Å². The molecule has 3 aliphatic heterocycles. The van der Waals surface area contributed by atoms with Crippen molar-refractivity contribution in [3.05, 3.63) is 35.4 Å². The third-order valence-electron chi connectivity index (χ3n) is 7.73. The smallest absolute Gasteiger partial charge is 0.225 e. The first kappa shape index (κ1) is 32.5. The lowest BCUT2D eigenvalue weighted by Crippen LogP contribution is -2.69. The summed E-state index contributed by atoms with van der Waals surface area (Å²) in [6.45, 7) is -0.817. The normalized spacial score (nSPS) is 47.3. The first-order chi connectivity index (χ1) is 19.4. The molecule has 0 spiro atoms. The van der Waals surface area contributed by atoms with Crippen molar-refractivity contribution in [2.24, 2.45) is 0 Å². The van der Waals surface area contributed by atoms with Gasteiger partial charge in [0.05, 0.1) is 19.8 Å². The lowest BCUT2D eigenvalue weighted by atomic mass is 9.85. The summed E-state index contributed by atoms with van der Waals surface area (Å²) in [6, 6.07) is 6.32. The molecule has 16 nitrogen and oxygen atoms in total. The highest BCUT2D eigenvalue weighted by atomic mass is 16.8. The third kappa shape index (κ3) is 5.89. The zero-order valence-corrected chi connectivity index (χ0v) is 22.0. The number of ether oxygens (including phenoxy) is 5. The maximum Gasteiger partial charge on any atom is 0.225 e. The molecule has 2 unspecified atom stereocenters. The van der Waals surface area contributed by atoms with Gasteiger partial charge in [-0.1, -0.05) is 24.3 Å². The largest absolute Gasteiger partial charge is 0.394 e. The molecule has 0 bridgehead atoms. The van der Waals surface area contributed by atoms with Gasteiger partial charge < -0.3 is 79.9 Å². The van der Waals surface area contributed by atoms with Gasteiger partial charge in [-0.15, -0.1) is 0 Å². The maximum atomic E-state index is 11.2. The van der Waals surface area contributed by atoms with Gasteiger partial charge in [0.2, 0.25) is 5.79 Å². The maximum absolute atomic E-state index is 11.2. The van der Waals surface area contributed by atoms with Gasteiger partial charge in [0, 0.05) is 5.56 Å². The first-order valence-corrected chi connectivity index (χ1v) is 13.1. The Morgan fingerprint density at radius 3 is 1.88 bits per heavy atom. The van der Waals surface area contributed by atoms with Crippen molar-refractivity contribution in [1.29, 1.82) is 0 Å². The van der Waals surface area contributed by atoms with Gasteiger partial charge in [-0.2, -0.15) is 0 Å². The summed E-state index contributed by atoms with van der Waals surface area (Å²) in [5.74, 6) is -2.36. The summed E-state index contributed by atoms with van der Waals surface area (Å²) < 4.78 is 28.1. The summed E-state index contributed by atoms with van der Waals surface area (Å²) in [5.41, 5.74) is 0.608. The highest BCUT2D eigenvalue weighted by molar-refractivity contribution is 5.32. The molecular weight excluding hydrogens is 556 g/mol. The molecule has 0 radical (unpaired) electrons. The Labute approximate surface area is 234 Å². The van der Waals surface area contributed by atoms with E-state index >= 15 is 0 Å². The van der Waals surface area contributed by atoms with Gasteiger partial charge in [-0.05, 0) is 12.5 Å². The highest BCUT2D eigenvalue weighted by Crippen LogP contribution is 2.44. The van der Waals surface area contributed by atoms with Crippen LogP contribution < -0.4 is 0 Å². The topological polar surface area (TPSA) is 269 Å². The number of rotatable bonds is 8. The predicted molar refractivity (Wildman–Crippen MR) is 130 cm³/mol. The van der Waals surface area contributed by atoms with Crippen LogP contribution in [0.1, 0.15) is 11.1 Å². The molecule has 3 fully saturated rings. The van der Waals surface area contributed by atoms with Crippen LogP contribution in [0.5, 0.6) is 0 Å². The van der Waals surface area contributed by atoms with Gasteiger partial charge in [0.1, 0.15) is 73.2 Å². The number of aryl methyl sites for hydroxylation is 1. The van der Waals surface area contributed by atoms with E-state index in [1.807, 2.05) is 0 Å². The molecule has 15 atom stereocenters. The minimum absolute atomic E-state index is 0.134. The molecule has 11 N–H and O–H groups in total. The number of hydrogen-bond donors (Lipinski definition) is 11. The van der Waals surface area contributed by atoms with Gasteiger partial charge in [-0.3, -0.25) is 0 Å². The Morgan fingerprint density at radius 2 is 1.27 bits per heavy atom. The van der Waals surface area contributed by atoms with Crippen LogP contribution >= 0.6 is 0 Å². The van der Waals surface area contributed by atoms with Crippen LogP contribution in [0.2, 0.25) is 0 Å². The van der Waals surface area contributed by atoms with Crippen LogP contribution in [0, 0.1) is 6.92 Å².